The number of quaternary nitrogens is 2. The van der Waals surface area contributed by atoms with E-state index in [1.807, 2.05) is 0 Å². The number of hydrogen-bond donors (Lipinski definition) is 0. The molecule has 0 aromatic heterocycles. The molecule has 0 atom stereocenters. The van der Waals surface area contributed by atoms with Crippen LogP contribution in [0, 0.1) is 0 Å². The van der Waals surface area contributed by atoms with Gasteiger partial charge in [-0.15, -0.1) is 0 Å². The molecule has 0 fully saturated rings. The smallest absolute Gasteiger partial charge is 0.0968 e. The third-order valence-corrected chi connectivity index (χ3v) is 2.07. The number of hydrogen-bond acceptors (Lipinski definition) is 1. The van der Waals surface area contributed by atoms with E-state index in [1.165, 1.54) is 0 Å². The summed E-state index contributed by atoms with van der Waals surface area (Å²) < 4.78 is 7.39. The van der Waals surface area contributed by atoms with E-state index in [2.05, 4.69) is 66.6 Å². The summed E-state index contributed by atoms with van der Waals surface area (Å²) in [6.45, 7) is 3.49. The van der Waals surface area contributed by atoms with Crippen molar-refractivity contribution in [2.24, 2.45) is 0 Å². The first-order valence-electron chi connectivity index (χ1n) is 6.19. The minimum Gasteiger partial charge on any atom is -1.00 e. The lowest BCUT2D eigenvalue weighted by Crippen LogP contribution is -3.00. The van der Waals surface area contributed by atoms with Crippen LogP contribution in [0.4, 0.5) is 0 Å². The molecule has 0 N–H and O–H groups in total. The third kappa shape index (κ3) is 23.5. The summed E-state index contributed by atoms with van der Waals surface area (Å²) in [4.78, 5) is 0. The zero-order valence-corrected chi connectivity index (χ0v) is 14.7. The Morgan fingerprint density at radius 1 is 0.632 bits per heavy atom. The topological polar surface area (TPSA) is 9.23 Å². The van der Waals surface area contributed by atoms with Crippen molar-refractivity contribution in [3.63, 3.8) is 0 Å². The fraction of sp³-hybridized carbons (Fsp3) is 0.714. The van der Waals surface area contributed by atoms with E-state index in [0.29, 0.717) is 13.2 Å². The van der Waals surface area contributed by atoms with Crippen molar-refractivity contribution >= 4 is 0 Å². The van der Waals surface area contributed by atoms with E-state index in [4.69, 9.17) is 4.74 Å². The van der Waals surface area contributed by atoms with Crippen LogP contribution in [0.15, 0.2) is 24.3 Å². The molecule has 0 radical (unpaired) electrons. The first-order chi connectivity index (χ1) is 7.71. The maximum Gasteiger partial charge on any atom is 0.0968 e. The molecule has 5 heteroatoms. The van der Waals surface area contributed by atoms with E-state index in [1.54, 1.807) is 0 Å². The van der Waals surface area contributed by atoms with Gasteiger partial charge in [0.2, 0.25) is 0 Å². The molecular weight excluding hydrogens is 283 g/mol. The van der Waals surface area contributed by atoms with Gasteiger partial charge in [0.15, 0.2) is 0 Å². The van der Waals surface area contributed by atoms with Crippen molar-refractivity contribution < 1.29 is 38.5 Å². The van der Waals surface area contributed by atoms with Gasteiger partial charge in [-0.25, -0.2) is 0 Å². The third-order valence-electron chi connectivity index (χ3n) is 2.07. The lowest BCUT2D eigenvalue weighted by Gasteiger charge is -2.21. The zero-order valence-electron chi connectivity index (χ0n) is 13.2. The van der Waals surface area contributed by atoms with Crippen LogP contribution in [-0.4, -0.2) is 77.6 Å². The molecular formula is C14H30Cl2N2O. The van der Waals surface area contributed by atoms with Crippen LogP contribution >= 0.6 is 0 Å². The minimum absolute atomic E-state index is 0. The highest BCUT2D eigenvalue weighted by Crippen LogP contribution is 1.91. The molecule has 0 spiro atoms. The largest absolute Gasteiger partial charge is 1.00 e. The number of halogens is 2. The predicted octanol–water partition coefficient (Wildman–Crippen LogP) is -4.46. The molecule has 116 valence electrons. The van der Waals surface area contributed by atoms with Gasteiger partial charge in [-0.1, -0.05) is 12.2 Å². The molecule has 0 aromatic rings. The van der Waals surface area contributed by atoms with E-state index in [0.717, 1.165) is 22.1 Å². The second-order valence-electron chi connectivity index (χ2n) is 6.43. The highest BCUT2D eigenvalue weighted by Gasteiger charge is 2.01. The molecule has 0 rings (SSSR count). The zero-order chi connectivity index (χ0) is 13.4. The molecule has 0 heterocycles. The maximum absolute atomic E-state index is 5.48. The van der Waals surface area contributed by atoms with Gasteiger partial charge in [-0.05, 0) is 12.2 Å². The number of rotatable bonds is 8. The highest BCUT2D eigenvalue weighted by molar-refractivity contribution is 4.84. The summed E-state index contributed by atoms with van der Waals surface area (Å²) in [5.41, 5.74) is 0. The van der Waals surface area contributed by atoms with Gasteiger partial charge in [0.1, 0.15) is 0 Å². The molecule has 0 aliphatic rings. The lowest BCUT2D eigenvalue weighted by molar-refractivity contribution is -0.864. The van der Waals surface area contributed by atoms with Gasteiger partial charge in [0.25, 0.3) is 0 Å². The Kier molecular flexibility index (Phi) is 14.8. The standard InChI is InChI=1S/C14H30N2O.2ClH/c1-15(2,3)11-7-9-13-17-14-10-8-12-16(4,5)6;;/h7-10H,11-14H2,1-6H3;2*1H/q+2;;/p-2. The molecule has 0 aliphatic heterocycles. The predicted molar refractivity (Wildman–Crippen MR) is 74.9 cm³/mol. The Hall–Kier alpha value is -0.0600. The number of ether oxygens (including phenoxy) is 1. The van der Waals surface area contributed by atoms with E-state index in [9.17, 15) is 0 Å². The van der Waals surface area contributed by atoms with Crippen LogP contribution in [0.2, 0.25) is 0 Å². The molecule has 0 bridgehead atoms. The van der Waals surface area contributed by atoms with Crippen molar-refractivity contribution in [1.82, 2.24) is 0 Å². The second kappa shape index (κ2) is 11.7. The van der Waals surface area contributed by atoms with Gasteiger partial charge in [-0.2, -0.15) is 0 Å². The van der Waals surface area contributed by atoms with Crippen molar-refractivity contribution in [3.8, 4) is 0 Å². The molecule has 0 aromatic carbocycles. The Labute approximate surface area is 131 Å². The highest BCUT2D eigenvalue weighted by atomic mass is 35.5. The monoisotopic (exact) mass is 312 g/mol. The quantitative estimate of drug-likeness (QED) is 0.250. The normalized spacial score (nSPS) is 12.5. The Morgan fingerprint density at radius 3 is 1.21 bits per heavy atom. The molecule has 0 unspecified atom stereocenters. The average molecular weight is 313 g/mol. The minimum atomic E-state index is 0. The van der Waals surface area contributed by atoms with Crippen LogP contribution < -0.4 is 24.8 Å². The molecule has 0 saturated heterocycles. The molecule has 19 heavy (non-hydrogen) atoms. The van der Waals surface area contributed by atoms with Crippen molar-refractivity contribution in [1.29, 1.82) is 0 Å². The van der Waals surface area contributed by atoms with Gasteiger partial charge in [0.05, 0.1) is 68.6 Å². The summed E-state index contributed by atoms with van der Waals surface area (Å²) >= 11 is 0. The first-order valence-corrected chi connectivity index (χ1v) is 6.19. The first kappa shape index (κ1) is 24.0. The molecule has 0 amide bonds. The lowest BCUT2D eigenvalue weighted by atomic mass is 10.4. The SMILES string of the molecule is C[N+](C)(C)CC=CCOCC=CC[N+](C)(C)C.[Cl-].[Cl-]. The summed E-state index contributed by atoms with van der Waals surface area (Å²) in [6, 6.07) is 0. The Bertz CT molecular complexity index is 227. The van der Waals surface area contributed by atoms with Crippen molar-refractivity contribution in [2.45, 2.75) is 0 Å². The fourth-order valence-electron chi connectivity index (χ4n) is 1.12. The summed E-state index contributed by atoms with van der Waals surface area (Å²) in [6.07, 6.45) is 8.54. The van der Waals surface area contributed by atoms with E-state index >= 15 is 0 Å². The van der Waals surface area contributed by atoms with Crippen LogP contribution in [0.25, 0.3) is 0 Å². The van der Waals surface area contributed by atoms with Crippen LogP contribution in [-0.2, 0) is 4.74 Å². The van der Waals surface area contributed by atoms with Gasteiger partial charge >= 0.3 is 0 Å². The second-order valence-corrected chi connectivity index (χ2v) is 6.43. The van der Waals surface area contributed by atoms with Gasteiger partial charge in [-0.3, -0.25) is 0 Å². The Morgan fingerprint density at radius 2 is 0.947 bits per heavy atom. The van der Waals surface area contributed by atoms with Gasteiger partial charge in [0, 0.05) is 0 Å². The molecule has 3 nitrogen and oxygen atoms in total. The van der Waals surface area contributed by atoms with Crippen molar-refractivity contribution in [3.05, 3.63) is 24.3 Å². The molecule has 0 saturated carbocycles. The summed E-state index contributed by atoms with van der Waals surface area (Å²) in [7, 11) is 13.1. The summed E-state index contributed by atoms with van der Waals surface area (Å²) in [5, 5.41) is 0. The maximum atomic E-state index is 5.48. The fourth-order valence-corrected chi connectivity index (χ4v) is 1.12. The molecule has 0 aliphatic carbocycles. The van der Waals surface area contributed by atoms with E-state index < -0.39 is 0 Å². The number of likely N-dealkylation sites (N-methyl/N-ethyl adjacent to an activating group) is 2. The average Bonchev–Trinajstić information content (AvgIpc) is 2.11. The van der Waals surface area contributed by atoms with Crippen LogP contribution in [0.3, 0.4) is 0 Å². The summed E-state index contributed by atoms with van der Waals surface area (Å²) in [5.74, 6) is 0. The van der Waals surface area contributed by atoms with Crippen LogP contribution in [0.1, 0.15) is 0 Å². The van der Waals surface area contributed by atoms with E-state index in [-0.39, 0.29) is 24.8 Å². The van der Waals surface area contributed by atoms with Crippen molar-refractivity contribution in [2.75, 3.05) is 68.6 Å². The number of nitrogens with zero attached hydrogens (tertiary/aromatic N) is 2. The Balaban J connectivity index is -0.00000128. The van der Waals surface area contributed by atoms with Crippen LogP contribution in [0.5, 0.6) is 0 Å². The van der Waals surface area contributed by atoms with Gasteiger partial charge < -0.3 is 38.5 Å².